The zero-order valence-corrected chi connectivity index (χ0v) is 8.96. The van der Waals surface area contributed by atoms with E-state index in [1.54, 1.807) is 14.2 Å². The Morgan fingerprint density at radius 1 is 1.17 bits per heavy atom. The predicted molar refractivity (Wildman–Crippen MR) is 50.4 cm³/mol. The molecule has 6 heteroatoms. The lowest BCUT2D eigenvalue weighted by Gasteiger charge is -2.26. The van der Waals surface area contributed by atoms with E-state index >= 15 is 0 Å². The highest BCUT2D eigenvalue weighted by atomic mass is 28.4. The molecule has 0 unspecified atom stereocenters. The summed E-state index contributed by atoms with van der Waals surface area (Å²) >= 11 is 0. The highest BCUT2D eigenvalue weighted by molar-refractivity contribution is 6.65. The van der Waals surface area contributed by atoms with Crippen LogP contribution in [0.3, 0.4) is 0 Å². The number of nitrogens with two attached hydrogens (primary N) is 3. The Bertz CT molecular complexity index is 133. The molecule has 0 aliphatic carbocycles. The Kier molecular flexibility index (Phi) is 4.31. The van der Waals surface area contributed by atoms with Crippen molar-refractivity contribution < 1.29 is 8.85 Å². The van der Waals surface area contributed by atoms with Crippen LogP contribution in [0.1, 0.15) is 6.42 Å². The van der Waals surface area contributed by atoms with Crippen molar-refractivity contribution in [2.75, 3.05) is 14.2 Å². The summed E-state index contributed by atoms with van der Waals surface area (Å²) < 4.78 is 10.5. The molecule has 0 aromatic heterocycles. The Morgan fingerprint density at radius 3 is 1.83 bits per heavy atom. The maximum Gasteiger partial charge on any atom is 0.334 e. The molecular weight excluding hydrogens is 174 g/mol. The first-order chi connectivity index (χ1) is 5.33. The summed E-state index contributed by atoms with van der Waals surface area (Å²) in [5.74, 6) is -1.12. The van der Waals surface area contributed by atoms with Gasteiger partial charge in [0.2, 0.25) is 0 Å². The molecule has 0 aliphatic heterocycles. The molecule has 0 aromatic rings. The molecule has 0 saturated heterocycles. The topological polar surface area (TPSA) is 96.5 Å². The Morgan fingerprint density at radius 2 is 1.58 bits per heavy atom. The second-order valence-electron chi connectivity index (χ2n) is 3.15. The van der Waals surface area contributed by atoms with Crippen LogP contribution in [0.2, 0.25) is 12.6 Å². The lowest BCUT2D eigenvalue weighted by atomic mass is 10.3. The zero-order chi connectivity index (χ0) is 9.83. The molecule has 0 bridgehead atoms. The lowest BCUT2D eigenvalue weighted by Crippen LogP contribution is -2.59. The van der Waals surface area contributed by atoms with E-state index in [-0.39, 0.29) is 0 Å². The fourth-order valence-electron chi connectivity index (χ4n) is 0.731. The SMILES string of the molecule is CO[Si](C)(CCC(N)(N)N)OC. The van der Waals surface area contributed by atoms with Gasteiger partial charge in [-0.15, -0.1) is 0 Å². The predicted octanol–water partition coefficient (Wildman–Crippen LogP) is -0.729. The monoisotopic (exact) mass is 193 g/mol. The zero-order valence-electron chi connectivity index (χ0n) is 7.96. The van der Waals surface area contributed by atoms with Gasteiger partial charge in [0.1, 0.15) is 5.79 Å². The average Bonchev–Trinajstić information content (AvgIpc) is 1.99. The summed E-state index contributed by atoms with van der Waals surface area (Å²) in [6.07, 6.45) is 0.497. The largest absolute Gasteiger partial charge is 0.398 e. The smallest absolute Gasteiger partial charge is 0.334 e. The van der Waals surface area contributed by atoms with Crippen molar-refractivity contribution >= 4 is 8.56 Å². The first-order valence-corrected chi connectivity index (χ1v) is 6.32. The van der Waals surface area contributed by atoms with Crippen LogP contribution in [0.4, 0.5) is 0 Å². The maximum atomic E-state index is 5.42. The molecule has 0 fully saturated rings. The van der Waals surface area contributed by atoms with Crippen LogP contribution in [0.5, 0.6) is 0 Å². The second kappa shape index (κ2) is 4.31. The third-order valence-electron chi connectivity index (χ3n) is 1.88. The van der Waals surface area contributed by atoms with Crippen LogP contribution in [0, 0.1) is 0 Å². The third-order valence-corrected chi connectivity index (χ3v) is 4.76. The fraction of sp³-hybridized carbons (Fsp3) is 1.00. The van der Waals surface area contributed by atoms with E-state index in [2.05, 4.69) is 0 Å². The Hall–Kier alpha value is 0.0169. The molecule has 0 rings (SSSR count). The lowest BCUT2D eigenvalue weighted by molar-refractivity contribution is 0.243. The standard InChI is InChI=1S/C6H19N3O2Si/c1-10-12(3,11-2)5-4-6(7,8)9/h4-5,7-9H2,1-3H3. The summed E-state index contributed by atoms with van der Waals surface area (Å²) in [6, 6.07) is 0.698. The van der Waals surface area contributed by atoms with Gasteiger partial charge >= 0.3 is 8.56 Å². The quantitative estimate of drug-likeness (QED) is 0.395. The van der Waals surface area contributed by atoms with Gasteiger partial charge in [-0.2, -0.15) is 0 Å². The van der Waals surface area contributed by atoms with Gasteiger partial charge in [-0.3, -0.25) is 0 Å². The van der Waals surface area contributed by atoms with E-state index in [1.165, 1.54) is 0 Å². The van der Waals surface area contributed by atoms with Gasteiger partial charge in [0.25, 0.3) is 0 Å². The summed E-state index contributed by atoms with van der Waals surface area (Å²) in [4.78, 5) is 0. The summed E-state index contributed by atoms with van der Waals surface area (Å²) in [6.45, 7) is 1.94. The molecule has 0 amide bonds. The van der Waals surface area contributed by atoms with Crippen molar-refractivity contribution in [3.05, 3.63) is 0 Å². The Balaban J connectivity index is 3.89. The van der Waals surface area contributed by atoms with E-state index in [0.29, 0.717) is 12.5 Å². The first-order valence-electron chi connectivity index (χ1n) is 3.80. The van der Waals surface area contributed by atoms with Gasteiger partial charge in [0, 0.05) is 14.2 Å². The molecule has 12 heavy (non-hydrogen) atoms. The Labute approximate surface area is 74.4 Å². The van der Waals surface area contributed by atoms with E-state index in [9.17, 15) is 0 Å². The van der Waals surface area contributed by atoms with Gasteiger partial charge in [-0.25, -0.2) is 0 Å². The van der Waals surface area contributed by atoms with Crippen LogP contribution in [-0.2, 0) is 8.85 Å². The normalized spacial score (nSPS) is 13.5. The van der Waals surface area contributed by atoms with Gasteiger partial charge in [-0.1, -0.05) is 0 Å². The van der Waals surface area contributed by atoms with Crippen molar-refractivity contribution in [3.8, 4) is 0 Å². The average molecular weight is 193 g/mol. The summed E-state index contributed by atoms with van der Waals surface area (Å²) in [5, 5.41) is 0. The molecular formula is C6H19N3O2Si. The van der Waals surface area contributed by atoms with Crippen LogP contribution in [-0.4, -0.2) is 28.6 Å². The minimum atomic E-state index is -2.05. The van der Waals surface area contributed by atoms with Crippen molar-refractivity contribution in [1.29, 1.82) is 0 Å². The van der Waals surface area contributed by atoms with Crippen molar-refractivity contribution in [1.82, 2.24) is 0 Å². The second-order valence-corrected chi connectivity index (χ2v) is 6.74. The minimum Gasteiger partial charge on any atom is -0.398 e. The molecule has 0 atom stereocenters. The van der Waals surface area contributed by atoms with Crippen LogP contribution in [0.15, 0.2) is 0 Å². The van der Waals surface area contributed by atoms with E-state index in [1.807, 2.05) is 6.55 Å². The van der Waals surface area contributed by atoms with E-state index in [4.69, 9.17) is 26.1 Å². The van der Waals surface area contributed by atoms with Gasteiger partial charge in [-0.05, 0) is 19.0 Å². The molecule has 0 heterocycles. The van der Waals surface area contributed by atoms with Crippen molar-refractivity contribution in [3.63, 3.8) is 0 Å². The van der Waals surface area contributed by atoms with Crippen molar-refractivity contribution in [2.45, 2.75) is 24.8 Å². The first kappa shape index (κ1) is 12.0. The fourth-order valence-corrected chi connectivity index (χ4v) is 2.19. The molecule has 0 radical (unpaired) electrons. The molecule has 5 nitrogen and oxygen atoms in total. The highest BCUT2D eigenvalue weighted by Gasteiger charge is 2.30. The number of hydrogen-bond donors (Lipinski definition) is 3. The summed E-state index contributed by atoms with van der Waals surface area (Å²) in [7, 11) is 1.20. The van der Waals surface area contributed by atoms with Crippen LogP contribution in [0.25, 0.3) is 0 Å². The summed E-state index contributed by atoms with van der Waals surface area (Å²) in [5.41, 5.74) is 16.3. The highest BCUT2D eigenvalue weighted by Crippen LogP contribution is 2.14. The van der Waals surface area contributed by atoms with Gasteiger partial charge < -0.3 is 26.1 Å². The van der Waals surface area contributed by atoms with E-state index in [0.717, 1.165) is 0 Å². The van der Waals surface area contributed by atoms with Gasteiger partial charge in [0.05, 0.1) is 0 Å². The van der Waals surface area contributed by atoms with Crippen LogP contribution >= 0.6 is 0 Å². The molecule has 74 valence electrons. The van der Waals surface area contributed by atoms with Gasteiger partial charge in [0.15, 0.2) is 0 Å². The van der Waals surface area contributed by atoms with Crippen molar-refractivity contribution in [2.24, 2.45) is 17.2 Å². The molecule has 0 saturated carbocycles. The number of rotatable bonds is 5. The molecule has 0 aromatic carbocycles. The molecule has 0 spiro atoms. The molecule has 0 aliphatic rings. The molecule has 6 N–H and O–H groups in total. The van der Waals surface area contributed by atoms with E-state index < -0.39 is 14.3 Å². The number of hydrogen-bond acceptors (Lipinski definition) is 5. The maximum absolute atomic E-state index is 5.42. The third kappa shape index (κ3) is 4.81. The van der Waals surface area contributed by atoms with Crippen LogP contribution < -0.4 is 17.2 Å². The minimum absolute atomic E-state index is 0.497.